The first-order chi connectivity index (χ1) is 19.9. The van der Waals surface area contributed by atoms with Gasteiger partial charge in [-0.1, -0.05) is 19.7 Å². The van der Waals surface area contributed by atoms with E-state index in [0.29, 0.717) is 24.2 Å². The highest BCUT2D eigenvalue weighted by molar-refractivity contribution is 5.93. The van der Waals surface area contributed by atoms with Crippen molar-refractivity contribution in [2.75, 3.05) is 49.6 Å². The van der Waals surface area contributed by atoms with Gasteiger partial charge in [-0.25, -0.2) is 0 Å². The maximum absolute atomic E-state index is 6.68. The molecule has 1 aliphatic carbocycles. The summed E-state index contributed by atoms with van der Waals surface area (Å²) in [5.74, 6) is 2.44. The fourth-order valence-electron chi connectivity index (χ4n) is 7.34. The van der Waals surface area contributed by atoms with Gasteiger partial charge in [0.15, 0.2) is 5.82 Å². The molecule has 8 heteroatoms. The average molecular weight is 560 g/mol. The van der Waals surface area contributed by atoms with Gasteiger partial charge in [0.25, 0.3) is 0 Å². The molecule has 3 saturated heterocycles. The van der Waals surface area contributed by atoms with Crippen LogP contribution in [0.2, 0.25) is 0 Å². The predicted octanol–water partition coefficient (Wildman–Crippen LogP) is 5.10. The number of allylic oxidation sites excluding steroid dienone is 1. The molecule has 41 heavy (non-hydrogen) atoms. The number of aromatic nitrogens is 2. The number of hydrogen-bond donors (Lipinski definition) is 2. The van der Waals surface area contributed by atoms with Crippen LogP contribution in [0, 0.1) is 5.92 Å². The monoisotopic (exact) mass is 559 g/mol. The van der Waals surface area contributed by atoms with Crippen LogP contribution in [-0.2, 0) is 11.8 Å². The van der Waals surface area contributed by atoms with E-state index >= 15 is 0 Å². The second-order valence-electron chi connectivity index (χ2n) is 12.6. The lowest BCUT2D eigenvalue weighted by Gasteiger charge is -2.40. The molecule has 3 aliphatic heterocycles. The van der Waals surface area contributed by atoms with E-state index in [4.69, 9.17) is 9.84 Å². The van der Waals surface area contributed by atoms with Crippen LogP contribution in [0.3, 0.4) is 0 Å². The van der Waals surface area contributed by atoms with Crippen molar-refractivity contribution in [1.29, 1.82) is 0 Å². The summed E-state index contributed by atoms with van der Waals surface area (Å²) in [6, 6.07) is 7.44. The van der Waals surface area contributed by atoms with Crippen molar-refractivity contribution in [3.63, 3.8) is 0 Å². The van der Waals surface area contributed by atoms with Gasteiger partial charge in [0.1, 0.15) is 5.82 Å². The highest BCUT2D eigenvalue weighted by Gasteiger charge is 2.30. The second-order valence-corrected chi connectivity index (χ2v) is 12.6. The maximum atomic E-state index is 6.68. The summed E-state index contributed by atoms with van der Waals surface area (Å²) in [4.78, 5) is 7.23. The molecular weight excluding hydrogens is 510 g/mol. The van der Waals surface area contributed by atoms with E-state index in [0.717, 1.165) is 80.2 Å². The first-order valence-electron chi connectivity index (χ1n) is 15.8. The summed E-state index contributed by atoms with van der Waals surface area (Å²) in [7, 11) is 4.12. The Morgan fingerprint density at radius 1 is 0.951 bits per heavy atom. The number of nitrogens with zero attached hydrogens (tertiary/aromatic N) is 5. The van der Waals surface area contributed by atoms with Gasteiger partial charge in [-0.15, -0.1) is 0 Å². The largest absolute Gasteiger partial charge is 0.375 e. The summed E-state index contributed by atoms with van der Waals surface area (Å²) in [6.45, 7) is 18.0. The molecule has 2 N–H and O–H groups in total. The molecule has 8 nitrogen and oxygen atoms in total. The van der Waals surface area contributed by atoms with Crippen LogP contribution in [-0.4, -0.2) is 72.7 Å². The third kappa shape index (κ3) is 6.00. The third-order valence-electron chi connectivity index (χ3n) is 10.0. The van der Waals surface area contributed by atoms with Crippen molar-refractivity contribution < 1.29 is 4.74 Å². The van der Waals surface area contributed by atoms with Gasteiger partial charge < -0.3 is 30.1 Å². The number of aryl methyl sites for hydroxylation is 1. The van der Waals surface area contributed by atoms with Crippen molar-refractivity contribution in [2.45, 2.75) is 76.0 Å². The highest BCUT2D eigenvalue weighted by Crippen LogP contribution is 2.36. The molecule has 1 saturated carbocycles. The minimum Gasteiger partial charge on any atom is -0.375 e. The van der Waals surface area contributed by atoms with Crippen molar-refractivity contribution in [1.82, 2.24) is 25.3 Å². The molecule has 1 aromatic carbocycles. The molecule has 4 heterocycles. The molecule has 222 valence electrons. The molecule has 2 aromatic rings. The van der Waals surface area contributed by atoms with Crippen molar-refractivity contribution in [3.8, 4) is 0 Å². The Morgan fingerprint density at radius 2 is 1.66 bits per heavy atom. The van der Waals surface area contributed by atoms with Crippen molar-refractivity contribution in [2.24, 2.45) is 13.0 Å². The molecule has 4 fully saturated rings. The molecule has 0 radical (unpaired) electrons. The Bertz CT molecular complexity index is 1260. The van der Waals surface area contributed by atoms with Gasteiger partial charge >= 0.3 is 0 Å². The van der Waals surface area contributed by atoms with Crippen LogP contribution in [0.4, 0.5) is 11.5 Å². The molecule has 6 rings (SSSR count). The maximum Gasteiger partial charge on any atom is 0.164 e. The van der Waals surface area contributed by atoms with E-state index in [9.17, 15) is 0 Å². The van der Waals surface area contributed by atoms with Crippen LogP contribution in [0.15, 0.2) is 55.2 Å². The first-order valence-corrected chi connectivity index (χ1v) is 15.8. The van der Waals surface area contributed by atoms with Crippen LogP contribution >= 0.6 is 0 Å². The zero-order chi connectivity index (χ0) is 28.5. The van der Waals surface area contributed by atoms with Crippen LogP contribution in [0.25, 0.3) is 10.9 Å². The topological polar surface area (TPSA) is 60.8 Å². The molecule has 0 unspecified atom stereocenters. The standard InChI is InChI=1S/C33H49N7O/c1-23-12-21-40(25(3)35-23)33-31-11-8-28(22-32(31)37(5)36-33)39-19-15-30(16-20-39)41-29-9-6-26(7-10-29)24(2)38-17-13-27(34-4)14-18-38/h8,11,22,26-27,29-30,34-35H,1-3,6-7,9-10,12-21H2,4-5H3. The fraction of sp³-hybridized carbons (Fsp3) is 0.606. The zero-order valence-electron chi connectivity index (χ0n) is 25.2. The highest BCUT2D eigenvalue weighted by atomic mass is 16.5. The lowest BCUT2D eigenvalue weighted by Crippen LogP contribution is -2.42. The summed E-state index contributed by atoms with van der Waals surface area (Å²) >= 11 is 0. The van der Waals surface area contributed by atoms with Gasteiger partial charge in [-0.2, -0.15) is 5.10 Å². The summed E-state index contributed by atoms with van der Waals surface area (Å²) < 4.78 is 8.67. The molecule has 4 aliphatic rings. The Morgan fingerprint density at radius 3 is 2.34 bits per heavy atom. The smallest absolute Gasteiger partial charge is 0.164 e. The van der Waals surface area contributed by atoms with Gasteiger partial charge in [-0.05, 0) is 82.5 Å². The SMILES string of the molecule is C=C1CCN(c2nn(C)c3cc(N4CCC(OC5CCC(C(=C)N6CCC(NC)CC6)CC5)CC4)ccc23)C(=C)N1. The number of rotatable bonds is 7. The van der Waals surface area contributed by atoms with Gasteiger partial charge in [0.05, 0.1) is 17.7 Å². The third-order valence-corrected chi connectivity index (χ3v) is 10.0. The minimum absolute atomic E-state index is 0.371. The van der Waals surface area contributed by atoms with E-state index < -0.39 is 0 Å². The Balaban J connectivity index is 0.988. The molecule has 0 atom stereocenters. The summed E-state index contributed by atoms with van der Waals surface area (Å²) in [5.41, 5.74) is 4.81. The number of likely N-dealkylation sites (tertiary alicyclic amines) is 1. The van der Waals surface area contributed by atoms with Gasteiger partial charge in [0, 0.05) is 74.7 Å². The molecule has 0 amide bonds. The molecule has 1 aromatic heterocycles. The van der Waals surface area contributed by atoms with Crippen LogP contribution in [0.1, 0.15) is 57.8 Å². The van der Waals surface area contributed by atoms with Gasteiger partial charge in [-0.3, -0.25) is 4.68 Å². The molecule has 0 spiro atoms. The quantitative estimate of drug-likeness (QED) is 0.490. The fourth-order valence-corrected chi connectivity index (χ4v) is 7.34. The number of fused-ring (bicyclic) bond motifs is 1. The molecular formula is C33H49N7O. The second kappa shape index (κ2) is 12.1. The van der Waals surface area contributed by atoms with E-state index in [1.807, 2.05) is 11.7 Å². The Kier molecular flexibility index (Phi) is 8.31. The lowest BCUT2D eigenvalue weighted by molar-refractivity contribution is -0.0450. The number of hydrogen-bond acceptors (Lipinski definition) is 7. The zero-order valence-corrected chi connectivity index (χ0v) is 25.2. The number of anilines is 2. The number of ether oxygens (including phenoxy) is 1. The predicted molar refractivity (Wildman–Crippen MR) is 169 cm³/mol. The normalized spacial score (nSPS) is 25.2. The Hall–Kier alpha value is -2.97. The lowest BCUT2D eigenvalue weighted by atomic mass is 9.84. The van der Waals surface area contributed by atoms with Crippen LogP contribution < -0.4 is 20.4 Å². The summed E-state index contributed by atoms with van der Waals surface area (Å²) in [5, 5.41) is 12.7. The van der Waals surface area contributed by atoms with E-state index in [2.05, 4.69) is 70.3 Å². The van der Waals surface area contributed by atoms with E-state index in [-0.39, 0.29) is 0 Å². The number of piperidine rings is 2. The van der Waals surface area contributed by atoms with E-state index in [1.165, 1.54) is 49.9 Å². The van der Waals surface area contributed by atoms with Crippen molar-refractivity contribution >= 4 is 22.4 Å². The molecule has 0 bridgehead atoms. The number of benzene rings is 1. The van der Waals surface area contributed by atoms with Crippen LogP contribution in [0.5, 0.6) is 0 Å². The minimum atomic E-state index is 0.371. The number of nitrogens with one attached hydrogen (secondary N) is 2. The summed E-state index contributed by atoms with van der Waals surface area (Å²) in [6.07, 6.45) is 11.1. The van der Waals surface area contributed by atoms with Gasteiger partial charge in [0.2, 0.25) is 0 Å². The first kappa shape index (κ1) is 28.2. The average Bonchev–Trinajstić information content (AvgIpc) is 3.33. The van der Waals surface area contributed by atoms with E-state index in [1.54, 1.807) is 0 Å². The Labute approximate surface area is 246 Å². The van der Waals surface area contributed by atoms with Crippen molar-refractivity contribution in [3.05, 3.63) is 55.2 Å².